The van der Waals surface area contributed by atoms with E-state index in [2.05, 4.69) is 27.2 Å². The summed E-state index contributed by atoms with van der Waals surface area (Å²) >= 11 is 0. The van der Waals surface area contributed by atoms with Crippen LogP contribution in [-0.2, 0) is 6.61 Å². The zero-order chi connectivity index (χ0) is 17.3. The predicted octanol–water partition coefficient (Wildman–Crippen LogP) is 4.40. The molecular weight excluding hydrogens is 312 g/mol. The summed E-state index contributed by atoms with van der Waals surface area (Å²) in [5.74, 6) is 2.10. The number of hydrogen-bond acceptors (Lipinski definition) is 5. The number of ether oxygens (including phenoxy) is 1. The lowest BCUT2D eigenvalue weighted by atomic mass is 10.2. The molecule has 25 heavy (non-hydrogen) atoms. The Morgan fingerprint density at radius 3 is 2.56 bits per heavy atom. The van der Waals surface area contributed by atoms with E-state index in [4.69, 9.17) is 4.74 Å². The van der Waals surface area contributed by atoms with Crippen LogP contribution in [0.1, 0.15) is 5.56 Å². The van der Waals surface area contributed by atoms with Crippen LogP contribution in [-0.4, -0.2) is 16.5 Å². The summed E-state index contributed by atoms with van der Waals surface area (Å²) < 4.78 is 5.78. The van der Waals surface area contributed by atoms with Crippen LogP contribution in [0.3, 0.4) is 0 Å². The van der Waals surface area contributed by atoms with E-state index in [1.165, 1.54) is 0 Å². The first-order valence-corrected chi connectivity index (χ1v) is 8.05. The van der Waals surface area contributed by atoms with E-state index < -0.39 is 0 Å². The van der Waals surface area contributed by atoms with Gasteiger partial charge in [0.15, 0.2) is 0 Å². The molecule has 2 aromatic carbocycles. The maximum atomic E-state index is 5.78. The molecule has 126 valence electrons. The fourth-order valence-electron chi connectivity index (χ4n) is 2.20. The number of benzene rings is 2. The summed E-state index contributed by atoms with van der Waals surface area (Å²) in [6, 6.07) is 19.6. The van der Waals surface area contributed by atoms with Gasteiger partial charge in [-0.25, -0.2) is 4.98 Å². The second-order valence-electron chi connectivity index (χ2n) is 5.36. The van der Waals surface area contributed by atoms with Crippen LogP contribution < -0.4 is 15.4 Å². The van der Waals surface area contributed by atoms with Crippen molar-refractivity contribution in [2.45, 2.75) is 6.61 Å². The zero-order valence-electron chi connectivity index (χ0n) is 13.9. The predicted molar refractivity (Wildman–Crippen MR) is 101 cm³/mol. The van der Waals surface area contributed by atoms with Crippen molar-refractivity contribution in [3.05, 3.63) is 85.1 Å². The molecule has 0 saturated heterocycles. The van der Waals surface area contributed by atoms with Gasteiger partial charge in [0.2, 0.25) is 5.95 Å². The highest BCUT2D eigenvalue weighted by molar-refractivity contribution is 5.55. The SMILES string of the molecule is C=CCNc1ccnc(Nc2ccc(OCc3ccccc3)cc2)n1. The Labute approximate surface area is 147 Å². The summed E-state index contributed by atoms with van der Waals surface area (Å²) in [6.45, 7) is 4.88. The fourth-order valence-corrected chi connectivity index (χ4v) is 2.20. The van der Waals surface area contributed by atoms with Crippen molar-refractivity contribution in [1.29, 1.82) is 0 Å². The molecule has 1 heterocycles. The Hall–Kier alpha value is -3.34. The molecule has 0 amide bonds. The van der Waals surface area contributed by atoms with E-state index in [0.29, 0.717) is 19.1 Å². The standard InChI is InChI=1S/C20H20N4O/c1-2-13-21-19-12-14-22-20(24-19)23-17-8-10-18(11-9-17)25-15-16-6-4-3-5-7-16/h2-12,14H,1,13,15H2,(H2,21,22,23,24). The van der Waals surface area contributed by atoms with Gasteiger partial charge in [-0.15, -0.1) is 6.58 Å². The molecule has 0 bridgehead atoms. The molecule has 1 aromatic heterocycles. The molecule has 5 heteroatoms. The molecule has 0 radical (unpaired) electrons. The minimum absolute atomic E-state index is 0.534. The lowest BCUT2D eigenvalue weighted by Crippen LogP contribution is -2.03. The Balaban J connectivity index is 1.58. The van der Waals surface area contributed by atoms with Crippen LogP contribution in [0.15, 0.2) is 79.5 Å². The first-order valence-electron chi connectivity index (χ1n) is 8.05. The molecule has 2 N–H and O–H groups in total. The van der Waals surface area contributed by atoms with Crippen molar-refractivity contribution in [1.82, 2.24) is 9.97 Å². The average molecular weight is 332 g/mol. The lowest BCUT2D eigenvalue weighted by molar-refractivity contribution is 0.306. The van der Waals surface area contributed by atoms with Crippen LogP contribution >= 0.6 is 0 Å². The van der Waals surface area contributed by atoms with Gasteiger partial charge in [0.05, 0.1) is 0 Å². The number of nitrogens with zero attached hydrogens (tertiary/aromatic N) is 2. The maximum absolute atomic E-state index is 5.78. The molecule has 0 saturated carbocycles. The minimum atomic E-state index is 0.534. The van der Waals surface area contributed by atoms with Gasteiger partial charge in [-0.2, -0.15) is 4.98 Å². The average Bonchev–Trinajstić information content (AvgIpc) is 2.67. The van der Waals surface area contributed by atoms with Gasteiger partial charge in [0.1, 0.15) is 18.2 Å². The number of hydrogen-bond donors (Lipinski definition) is 2. The normalized spacial score (nSPS) is 10.1. The molecule has 0 unspecified atom stereocenters. The monoisotopic (exact) mass is 332 g/mol. The van der Waals surface area contributed by atoms with Gasteiger partial charge in [0, 0.05) is 18.4 Å². The molecule has 0 aliphatic heterocycles. The topological polar surface area (TPSA) is 59.1 Å². The van der Waals surface area contributed by atoms with Crippen molar-refractivity contribution in [3.63, 3.8) is 0 Å². The van der Waals surface area contributed by atoms with Crippen LogP contribution in [0.25, 0.3) is 0 Å². The van der Waals surface area contributed by atoms with Crippen LogP contribution in [0.2, 0.25) is 0 Å². The highest BCUT2D eigenvalue weighted by Crippen LogP contribution is 2.19. The van der Waals surface area contributed by atoms with Crippen molar-refractivity contribution >= 4 is 17.5 Å². The smallest absolute Gasteiger partial charge is 0.229 e. The summed E-state index contributed by atoms with van der Waals surface area (Å²) in [7, 11) is 0. The molecule has 0 aliphatic rings. The Kier molecular flexibility index (Phi) is 5.61. The van der Waals surface area contributed by atoms with Crippen LogP contribution in [0, 0.1) is 0 Å². The maximum Gasteiger partial charge on any atom is 0.229 e. The first kappa shape index (κ1) is 16.5. The van der Waals surface area contributed by atoms with Crippen molar-refractivity contribution in [2.24, 2.45) is 0 Å². The van der Waals surface area contributed by atoms with Gasteiger partial charge in [0.25, 0.3) is 0 Å². The minimum Gasteiger partial charge on any atom is -0.489 e. The third-order valence-corrected chi connectivity index (χ3v) is 3.44. The summed E-state index contributed by atoms with van der Waals surface area (Å²) in [5, 5.41) is 6.31. The Bertz CT molecular complexity index is 803. The summed E-state index contributed by atoms with van der Waals surface area (Å²) in [6.07, 6.45) is 3.49. The number of rotatable bonds is 8. The van der Waals surface area contributed by atoms with Gasteiger partial charge in [-0.3, -0.25) is 0 Å². The second kappa shape index (κ2) is 8.49. The van der Waals surface area contributed by atoms with Crippen LogP contribution in [0.4, 0.5) is 17.5 Å². The van der Waals surface area contributed by atoms with Crippen molar-refractivity contribution < 1.29 is 4.74 Å². The molecule has 0 spiro atoms. The van der Waals surface area contributed by atoms with E-state index in [1.807, 2.05) is 60.7 Å². The summed E-state index contributed by atoms with van der Waals surface area (Å²) in [4.78, 5) is 8.61. The van der Waals surface area contributed by atoms with Gasteiger partial charge in [-0.1, -0.05) is 36.4 Å². The van der Waals surface area contributed by atoms with Gasteiger partial charge in [-0.05, 0) is 35.9 Å². The molecule has 3 rings (SSSR count). The number of anilines is 3. The molecule has 3 aromatic rings. The molecular formula is C20H20N4O. The fraction of sp³-hybridized carbons (Fsp3) is 0.100. The molecule has 0 fully saturated rings. The third-order valence-electron chi connectivity index (χ3n) is 3.44. The highest BCUT2D eigenvalue weighted by Gasteiger charge is 2.01. The number of aromatic nitrogens is 2. The summed E-state index contributed by atoms with van der Waals surface area (Å²) in [5.41, 5.74) is 2.04. The van der Waals surface area contributed by atoms with Crippen molar-refractivity contribution in [3.8, 4) is 5.75 Å². The van der Waals surface area contributed by atoms with Gasteiger partial charge >= 0.3 is 0 Å². The quantitative estimate of drug-likeness (QED) is 0.599. The van der Waals surface area contributed by atoms with E-state index in [1.54, 1.807) is 12.3 Å². The van der Waals surface area contributed by atoms with Gasteiger partial charge < -0.3 is 15.4 Å². The molecule has 0 aliphatic carbocycles. The lowest BCUT2D eigenvalue weighted by Gasteiger charge is -2.09. The van der Waals surface area contributed by atoms with E-state index >= 15 is 0 Å². The first-order chi connectivity index (χ1) is 12.3. The third kappa shape index (κ3) is 5.07. The Morgan fingerprint density at radius 2 is 1.80 bits per heavy atom. The van der Waals surface area contributed by atoms with E-state index in [-0.39, 0.29) is 0 Å². The van der Waals surface area contributed by atoms with E-state index in [9.17, 15) is 0 Å². The van der Waals surface area contributed by atoms with E-state index in [0.717, 1.165) is 22.8 Å². The largest absolute Gasteiger partial charge is 0.489 e. The number of nitrogens with one attached hydrogen (secondary N) is 2. The zero-order valence-corrected chi connectivity index (χ0v) is 13.9. The second-order valence-corrected chi connectivity index (χ2v) is 5.36. The van der Waals surface area contributed by atoms with Crippen LogP contribution in [0.5, 0.6) is 5.75 Å². The highest BCUT2D eigenvalue weighted by atomic mass is 16.5. The van der Waals surface area contributed by atoms with Crippen molar-refractivity contribution in [2.75, 3.05) is 17.2 Å². The molecule has 0 atom stereocenters. The molecule has 5 nitrogen and oxygen atoms in total. The Morgan fingerprint density at radius 1 is 1.00 bits per heavy atom.